The molecule has 0 fully saturated rings. The van der Waals surface area contributed by atoms with Crippen LogP contribution in [0.3, 0.4) is 0 Å². The smallest absolute Gasteiger partial charge is 0.161 e. The zero-order valence-electron chi connectivity index (χ0n) is 20.1. The van der Waals surface area contributed by atoms with Gasteiger partial charge in [0.1, 0.15) is 11.2 Å². The molecule has 1 aliphatic rings. The minimum Gasteiger partial charge on any atom is -0.493 e. The number of rotatable bonds is 9. The highest BCUT2D eigenvalue weighted by Crippen LogP contribution is 2.44. The second kappa shape index (κ2) is 9.59. The summed E-state index contributed by atoms with van der Waals surface area (Å²) in [5, 5.41) is 9.34. The van der Waals surface area contributed by atoms with Gasteiger partial charge in [-0.25, -0.2) is 9.67 Å². The van der Waals surface area contributed by atoms with Crippen LogP contribution in [0.25, 0.3) is 11.4 Å². The molecular weight excluding hydrogens is 438 g/mol. The van der Waals surface area contributed by atoms with E-state index in [0.717, 1.165) is 47.0 Å². The maximum absolute atomic E-state index is 12.2. The minimum absolute atomic E-state index is 0.0191. The number of ether oxygens (including phenoxy) is 2. The Kier molecular flexibility index (Phi) is 6.78. The lowest BCUT2D eigenvalue weighted by atomic mass is 9.99. The number of thioether (sulfide) groups is 1. The first-order valence-electron chi connectivity index (χ1n) is 11.2. The molecule has 0 aliphatic carbocycles. The van der Waals surface area contributed by atoms with E-state index in [-0.39, 0.29) is 16.4 Å². The molecule has 0 spiro atoms. The largest absolute Gasteiger partial charge is 0.493 e. The molecule has 2 atom stereocenters. The van der Waals surface area contributed by atoms with E-state index in [1.54, 1.807) is 32.9 Å². The predicted octanol–water partition coefficient (Wildman–Crippen LogP) is 4.17. The lowest BCUT2D eigenvalue weighted by Gasteiger charge is -2.28. The Morgan fingerprint density at radius 3 is 2.52 bits per heavy atom. The zero-order valence-corrected chi connectivity index (χ0v) is 20.9. The lowest BCUT2D eigenvalue weighted by Crippen LogP contribution is -2.23. The number of methoxy groups -OCH3 is 2. The van der Waals surface area contributed by atoms with E-state index in [2.05, 4.69) is 18.1 Å². The highest BCUT2D eigenvalue weighted by atomic mass is 32.2. The molecule has 0 N–H and O–H groups in total. The average molecular weight is 470 g/mol. The minimum atomic E-state index is -0.0770. The van der Waals surface area contributed by atoms with Gasteiger partial charge in [0.15, 0.2) is 23.1 Å². The van der Waals surface area contributed by atoms with E-state index in [9.17, 15) is 4.79 Å². The van der Waals surface area contributed by atoms with Crippen LogP contribution in [0, 0.1) is 13.8 Å². The van der Waals surface area contributed by atoms with Crippen LogP contribution in [0.2, 0.25) is 0 Å². The van der Waals surface area contributed by atoms with Crippen LogP contribution < -0.4 is 9.47 Å². The first kappa shape index (κ1) is 23.4. The molecule has 1 aliphatic heterocycles. The molecule has 2 aromatic heterocycles. The van der Waals surface area contributed by atoms with Gasteiger partial charge in [0.05, 0.1) is 25.2 Å². The van der Waals surface area contributed by atoms with Crippen molar-refractivity contribution in [3.05, 3.63) is 41.0 Å². The first-order valence-corrected chi connectivity index (χ1v) is 12.2. The Hall–Kier alpha value is -2.81. The fourth-order valence-electron chi connectivity index (χ4n) is 4.31. The van der Waals surface area contributed by atoms with Gasteiger partial charge in [-0.2, -0.15) is 10.2 Å². The van der Waals surface area contributed by atoms with Crippen molar-refractivity contribution in [2.75, 3.05) is 14.2 Å². The maximum atomic E-state index is 12.2. The van der Waals surface area contributed by atoms with E-state index in [4.69, 9.17) is 19.6 Å². The Bertz CT molecular complexity index is 1170. The molecule has 176 valence electrons. The van der Waals surface area contributed by atoms with E-state index in [0.29, 0.717) is 24.5 Å². The molecule has 0 saturated carbocycles. The summed E-state index contributed by atoms with van der Waals surface area (Å²) in [5.41, 5.74) is 4.24. The third-order valence-electron chi connectivity index (χ3n) is 5.99. The number of fused-ring (bicyclic) bond motifs is 3. The molecule has 0 saturated heterocycles. The van der Waals surface area contributed by atoms with Crippen LogP contribution >= 0.6 is 11.8 Å². The second-order valence-electron chi connectivity index (χ2n) is 8.36. The SMILES string of the molecule is CCC(SC1Cc2cc(OC)c(OC)cc2-c2nc(CCn3nc(C)cc3C)nn21)C(C)=O. The van der Waals surface area contributed by atoms with Crippen LogP contribution in [0.15, 0.2) is 18.2 Å². The number of aryl methyl sites for hydroxylation is 4. The van der Waals surface area contributed by atoms with Crippen molar-refractivity contribution in [1.29, 1.82) is 0 Å². The van der Waals surface area contributed by atoms with Crippen molar-refractivity contribution >= 4 is 17.5 Å². The fourth-order valence-corrected chi connectivity index (χ4v) is 5.61. The summed E-state index contributed by atoms with van der Waals surface area (Å²) in [6, 6.07) is 6.06. The third-order valence-corrected chi connectivity index (χ3v) is 7.66. The van der Waals surface area contributed by atoms with Gasteiger partial charge in [-0.3, -0.25) is 9.48 Å². The molecular formula is C24H31N5O3S. The van der Waals surface area contributed by atoms with Gasteiger partial charge in [-0.05, 0) is 51.0 Å². The molecule has 0 radical (unpaired) electrons. The highest BCUT2D eigenvalue weighted by molar-refractivity contribution is 8.00. The number of nitrogens with zero attached hydrogens (tertiary/aromatic N) is 5. The number of hydrogen-bond acceptors (Lipinski definition) is 7. The van der Waals surface area contributed by atoms with Crippen LogP contribution in [-0.2, 0) is 24.2 Å². The lowest BCUT2D eigenvalue weighted by molar-refractivity contribution is -0.116. The number of carbonyl (C=O) groups is 1. The quantitative estimate of drug-likeness (QED) is 0.465. The highest BCUT2D eigenvalue weighted by Gasteiger charge is 2.32. The average Bonchev–Trinajstić information content (AvgIpc) is 3.37. The van der Waals surface area contributed by atoms with Gasteiger partial charge in [-0.15, -0.1) is 11.8 Å². The van der Waals surface area contributed by atoms with Gasteiger partial charge in [0.2, 0.25) is 0 Å². The normalized spacial score (nSPS) is 15.6. The first-order chi connectivity index (χ1) is 15.8. The van der Waals surface area contributed by atoms with E-state index < -0.39 is 0 Å². The van der Waals surface area contributed by atoms with Crippen LogP contribution in [0.4, 0.5) is 0 Å². The molecule has 33 heavy (non-hydrogen) atoms. The number of Topliss-reactive ketones (excluding diaryl/α,β-unsaturated/α-hetero) is 1. The topological polar surface area (TPSA) is 84.1 Å². The zero-order chi connectivity index (χ0) is 23.7. The molecule has 3 aromatic rings. The van der Waals surface area contributed by atoms with Crippen molar-refractivity contribution in [3.63, 3.8) is 0 Å². The van der Waals surface area contributed by atoms with Crippen molar-refractivity contribution in [3.8, 4) is 22.9 Å². The van der Waals surface area contributed by atoms with Crippen molar-refractivity contribution in [1.82, 2.24) is 24.5 Å². The van der Waals surface area contributed by atoms with Gasteiger partial charge in [-0.1, -0.05) is 6.92 Å². The van der Waals surface area contributed by atoms with E-state index in [1.165, 1.54) is 0 Å². The van der Waals surface area contributed by atoms with Gasteiger partial charge >= 0.3 is 0 Å². The third kappa shape index (κ3) is 4.64. The molecule has 4 rings (SSSR count). The monoisotopic (exact) mass is 469 g/mol. The number of benzene rings is 1. The molecule has 9 heteroatoms. The summed E-state index contributed by atoms with van der Waals surface area (Å²) in [5.74, 6) is 3.11. The summed E-state index contributed by atoms with van der Waals surface area (Å²) in [4.78, 5) is 17.1. The standard InChI is InChI=1S/C24H31N5O3S/c1-7-21(16(4)30)33-23-12-17-11-19(31-5)20(32-6)13-18(17)24-25-22(27-29(23)24)8-9-28-15(3)10-14(2)26-28/h10-11,13,21,23H,7-9,12H2,1-6H3. The van der Waals surface area contributed by atoms with Gasteiger partial charge < -0.3 is 9.47 Å². The fraction of sp³-hybridized carbons (Fsp3) is 0.500. The predicted molar refractivity (Wildman–Crippen MR) is 129 cm³/mol. The van der Waals surface area contributed by atoms with Crippen molar-refractivity contribution in [2.45, 2.75) is 64.1 Å². The number of hydrogen-bond donors (Lipinski definition) is 0. The number of ketones is 1. The molecule has 8 nitrogen and oxygen atoms in total. The van der Waals surface area contributed by atoms with Crippen molar-refractivity contribution in [2.24, 2.45) is 0 Å². The van der Waals surface area contributed by atoms with Crippen LogP contribution in [0.1, 0.15) is 48.4 Å². The molecule has 3 heterocycles. The molecule has 0 bridgehead atoms. The summed E-state index contributed by atoms with van der Waals surface area (Å²) in [6.45, 7) is 8.47. The summed E-state index contributed by atoms with van der Waals surface area (Å²) < 4.78 is 15.1. The van der Waals surface area contributed by atoms with Crippen LogP contribution in [0.5, 0.6) is 11.5 Å². The summed E-state index contributed by atoms with van der Waals surface area (Å²) in [6.07, 6.45) is 2.19. The van der Waals surface area contributed by atoms with Crippen molar-refractivity contribution < 1.29 is 14.3 Å². The van der Waals surface area contributed by atoms with Crippen LogP contribution in [-0.4, -0.2) is 49.8 Å². The Morgan fingerprint density at radius 1 is 1.18 bits per heavy atom. The van der Waals surface area contributed by atoms with E-state index >= 15 is 0 Å². The Morgan fingerprint density at radius 2 is 1.91 bits per heavy atom. The molecule has 0 amide bonds. The Balaban J connectivity index is 1.71. The maximum Gasteiger partial charge on any atom is 0.161 e. The summed E-state index contributed by atoms with van der Waals surface area (Å²) >= 11 is 1.66. The van der Waals surface area contributed by atoms with Gasteiger partial charge in [0.25, 0.3) is 0 Å². The van der Waals surface area contributed by atoms with E-state index in [1.807, 2.05) is 35.3 Å². The molecule has 1 aromatic carbocycles. The molecule has 2 unspecified atom stereocenters. The summed E-state index contributed by atoms with van der Waals surface area (Å²) in [7, 11) is 3.27. The second-order valence-corrected chi connectivity index (χ2v) is 9.75. The number of aromatic nitrogens is 5. The number of carbonyl (C=O) groups excluding carboxylic acids is 1. The van der Waals surface area contributed by atoms with Gasteiger partial charge in [0, 0.05) is 30.6 Å². The Labute approximate surface area is 198 Å².